The molecule has 0 heterocycles. The van der Waals surface area contributed by atoms with Gasteiger partial charge in [-0.15, -0.1) is 0 Å². The Morgan fingerprint density at radius 2 is 2.29 bits per heavy atom. The molecule has 17 heavy (non-hydrogen) atoms. The zero-order chi connectivity index (χ0) is 12.8. The Kier molecular flexibility index (Phi) is 5.09. The van der Waals surface area contributed by atoms with Crippen molar-refractivity contribution in [2.45, 2.75) is 18.6 Å². The zero-order valence-electron chi connectivity index (χ0n) is 9.97. The Hall–Kier alpha value is -1.43. The van der Waals surface area contributed by atoms with Crippen LogP contribution in [0.1, 0.15) is 13.3 Å². The predicted molar refractivity (Wildman–Crippen MR) is 73.6 cm³/mol. The maximum atomic E-state index is 10.6. The van der Waals surface area contributed by atoms with Gasteiger partial charge in [0, 0.05) is 23.5 Å². The number of benzene rings is 1. The summed E-state index contributed by atoms with van der Waals surface area (Å²) in [4.78, 5) is 10.1. The quantitative estimate of drug-likeness (QED) is 0.464. The molecule has 0 aliphatic carbocycles. The molecule has 0 radical (unpaired) electrons. The molecule has 0 aliphatic rings. The number of nitro groups is 1. The first-order valence-electron chi connectivity index (χ1n) is 5.35. The minimum atomic E-state index is -0.477. The molecule has 0 bridgehead atoms. The molecule has 0 fully saturated rings. The van der Waals surface area contributed by atoms with Gasteiger partial charge in [-0.05, 0) is 24.8 Å². The van der Waals surface area contributed by atoms with Crippen LogP contribution in [0, 0.1) is 10.1 Å². The first-order chi connectivity index (χ1) is 8.04. The second-order valence-corrected chi connectivity index (χ2v) is 5.07. The monoisotopic (exact) mass is 255 g/mol. The highest BCUT2D eigenvalue weighted by atomic mass is 32.2. The van der Waals surface area contributed by atoms with Crippen LogP contribution >= 0.6 is 11.8 Å². The van der Waals surface area contributed by atoms with Crippen molar-refractivity contribution in [3.8, 4) is 0 Å². The third-order valence-electron chi connectivity index (χ3n) is 2.51. The van der Waals surface area contributed by atoms with E-state index < -0.39 is 4.92 Å². The van der Waals surface area contributed by atoms with Crippen molar-refractivity contribution < 1.29 is 4.92 Å². The maximum Gasteiger partial charge on any atom is 0.292 e. The molecule has 3 N–H and O–H groups in total. The van der Waals surface area contributed by atoms with E-state index in [0.29, 0.717) is 5.25 Å². The molecular weight excluding hydrogens is 238 g/mol. The smallest absolute Gasteiger partial charge is 0.292 e. The highest BCUT2D eigenvalue weighted by molar-refractivity contribution is 7.99. The van der Waals surface area contributed by atoms with E-state index in [9.17, 15) is 10.1 Å². The number of nitro benzene ring substituents is 1. The number of thioether (sulfide) groups is 1. The van der Waals surface area contributed by atoms with E-state index in [1.807, 2.05) is 11.8 Å². The van der Waals surface area contributed by atoms with Gasteiger partial charge in [0.15, 0.2) is 0 Å². The van der Waals surface area contributed by atoms with E-state index in [1.165, 1.54) is 6.07 Å². The molecule has 0 saturated heterocycles. The molecule has 1 aromatic rings. The summed E-state index contributed by atoms with van der Waals surface area (Å²) >= 11 is 1.82. The molecule has 0 aromatic heterocycles. The number of nitrogens with two attached hydrogens (primary N) is 1. The zero-order valence-corrected chi connectivity index (χ0v) is 10.8. The topological polar surface area (TPSA) is 81.2 Å². The van der Waals surface area contributed by atoms with Gasteiger partial charge in [0.1, 0.15) is 5.69 Å². The fraction of sp³-hybridized carbons (Fsp3) is 0.455. The van der Waals surface area contributed by atoms with Crippen molar-refractivity contribution in [3.05, 3.63) is 28.3 Å². The van der Waals surface area contributed by atoms with Crippen molar-refractivity contribution in [1.29, 1.82) is 0 Å². The van der Waals surface area contributed by atoms with Crippen LogP contribution < -0.4 is 11.1 Å². The summed E-state index contributed by atoms with van der Waals surface area (Å²) in [6.45, 7) is 3.00. The summed E-state index contributed by atoms with van der Waals surface area (Å²) in [5, 5.41) is 14.4. The van der Waals surface area contributed by atoms with Crippen molar-refractivity contribution in [3.63, 3.8) is 0 Å². The van der Waals surface area contributed by atoms with Gasteiger partial charge in [-0.1, -0.05) is 6.92 Å². The minimum absolute atomic E-state index is 0.0481. The van der Waals surface area contributed by atoms with Crippen LogP contribution in [0.4, 0.5) is 17.1 Å². The van der Waals surface area contributed by atoms with Gasteiger partial charge in [-0.2, -0.15) is 11.8 Å². The Bertz CT molecular complexity index is 398. The van der Waals surface area contributed by atoms with Gasteiger partial charge < -0.3 is 11.1 Å². The van der Waals surface area contributed by atoms with Crippen LogP contribution in [0.15, 0.2) is 18.2 Å². The van der Waals surface area contributed by atoms with Gasteiger partial charge in [0.2, 0.25) is 0 Å². The van der Waals surface area contributed by atoms with Gasteiger partial charge in [-0.25, -0.2) is 0 Å². The lowest BCUT2D eigenvalue weighted by atomic mass is 10.2. The number of hydrogen-bond donors (Lipinski definition) is 2. The first kappa shape index (κ1) is 13.6. The van der Waals surface area contributed by atoms with Gasteiger partial charge in [0.05, 0.1) is 4.92 Å². The second-order valence-electron chi connectivity index (χ2n) is 3.79. The fourth-order valence-corrected chi connectivity index (χ4v) is 1.72. The lowest BCUT2D eigenvalue weighted by Gasteiger charge is -2.10. The number of hydrogen-bond acceptors (Lipinski definition) is 5. The van der Waals surface area contributed by atoms with Crippen LogP contribution in [0.2, 0.25) is 0 Å². The van der Waals surface area contributed by atoms with Crippen molar-refractivity contribution in [2.24, 2.45) is 0 Å². The minimum Gasteiger partial charge on any atom is -0.393 e. The van der Waals surface area contributed by atoms with E-state index in [2.05, 4.69) is 18.5 Å². The second kappa shape index (κ2) is 6.34. The number of nitrogens with zero attached hydrogens (tertiary/aromatic N) is 1. The number of nitrogens with one attached hydrogen (secondary N) is 1. The van der Waals surface area contributed by atoms with Crippen LogP contribution in [-0.4, -0.2) is 23.0 Å². The largest absolute Gasteiger partial charge is 0.393 e. The summed E-state index contributed by atoms with van der Waals surface area (Å²) in [6.07, 6.45) is 3.12. The summed E-state index contributed by atoms with van der Waals surface area (Å²) in [7, 11) is 0. The molecule has 0 amide bonds. The molecule has 5 nitrogen and oxygen atoms in total. The average molecular weight is 255 g/mol. The highest BCUT2D eigenvalue weighted by Crippen LogP contribution is 2.24. The van der Waals surface area contributed by atoms with Gasteiger partial charge in [0.25, 0.3) is 5.69 Å². The predicted octanol–water partition coefficient (Wildman–Crippen LogP) is 2.73. The standard InChI is InChI=1S/C11H17N3O2S/c1-8(17-2)5-6-13-9-3-4-11(14(15)16)10(12)7-9/h3-4,7-8,13H,5-6,12H2,1-2H3. The van der Waals surface area contributed by atoms with Crippen LogP contribution in [0.3, 0.4) is 0 Å². The highest BCUT2D eigenvalue weighted by Gasteiger charge is 2.10. The summed E-state index contributed by atoms with van der Waals surface area (Å²) in [5.74, 6) is 0. The molecule has 0 saturated carbocycles. The van der Waals surface area contributed by atoms with E-state index in [-0.39, 0.29) is 11.4 Å². The summed E-state index contributed by atoms with van der Waals surface area (Å²) < 4.78 is 0. The van der Waals surface area contributed by atoms with E-state index in [1.54, 1.807) is 12.1 Å². The molecule has 0 spiro atoms. The van der Waals surface area contributed by atoms with Crippen LogP contribution in [0.5, 0.6) is 0 Å². The Labute approximate surface area is 105 Å². The molecule has 1 rings (SSSR count). The summed E-state index contributed by atoms with van der Waals surface area (Å²) in [5.41, 5.74) is 6.56. The molecular formula is C11H17N3O2S. The SMILES string of the molecule is CSC(C)CCNc1ccc([N+](=O)[O-])c(N)c1. The summed E-state index contributed by atoms with van der Waals surface area (Å²) in [6, 6.07) is 4.70. The molecule has 1 aromatic carbocycles. The van der Waals surface area contributed by atoms with E-state index in [4.69, 9.17) is 5.73 Å². The molecule has 0 aliphatic heterocycles. The van der Waals surface area contributed by atoms with Crippen molar-refractivity contribution >= 4 is 28.8 Å². The third-order valence-corrected chi connectivity index (χ3v) is 3.55. The number of nitrogen functional groups attached to an aromatic ring is 1. The third kappa shape index (κ3) is 4.14. The average Bonchev–Trinajstić information content (AvgIpc) is 2.28. The normalized spacial score (nSPS) is 12.1. The lowest BCUT2D eigenvalue weighted by molar-refractivity contribution is -0.383. The number of rotatable bonds is 6. The van der Waals surface area contributed by atoms with Gasteiger partial charge >= 0.3 is 0 Å². The Balaban J connectivity index is 2.56. The number of anilines is 2. The first-order valence-corrected chi connectivity index (χ1v) is 6.64. The Morgan fingerprint density at radius 3 is 2.82 bits per heavy atom. The van der Waals surface area contributed by atoms with Crippen molar-refractivity contribution in [1.82, 2.24) is 0 Å². The Morgan fingerprint density at radius 1 is 1.59 bits per heavy atom. The van der Waals surface area contributed by atoms with Crippen LogP contribution in [-0.2, 0) is 0 Å². The van der Waals surface area contributed by atoms with Crippen molar-refractivity contribution in [2.75, 3.05) is 23.9 Å². The van der Waals surface area contributed by atoms with Crippen LogP contribution in [0.25, 0.3) is 0 Å². The molecule has 1 unspecified atom stereocenters. The van der Waals surface area contributed by atoms with E-state index >= 15 is 0 Å². The molecule has 1 atom stereocenters. The lowest BCUT2D eigenvalue weighted by Crippen LogP contribution is -2.08. The maximum absolute atomic E-state index is 10.6. The molecule has 94 valence electrons. The van der Waals surface area contributed by atoms with E-state index in [0.717, 1.165) is 18.7 Å². The fourth-order valence-electron chi connectivity index (χ4n) is 1.37. The van der Waals surface area contributed by atoms with Gasteiger partial charge in [-0.3, -0.25) is 10.1 Å². The molecule has 6 heteroatoms.